The van der Waals surface area contributed by atoms with Crippen LogP contribution in [0.3, 0.4) is 0 Å². The van der Waals surface area contributed by atoms with Crippen LogP contribution in [0.2, 0.25) is 0 Å². The van der Waals surface area contributed by atoms with Gasteiger partial charge in [-0.2, -0.15) is 0 Å². The van der Waals surface area contributed by atoms with Crippen molar-refractivity contribution in [2.24, 2.45) is 11.3 Å². The number of carbonyl (C=O) groups excluding carboxylic acids is 2. The number of nitrogens with zero attached hydrogens (tertiary/aromatic N) is 2. The van der Waals surface area contributed by atoms with E-state index in [4.69, 9.17) is 9.72 Å². The number of benzene rings is 1. The van der Waals surface area contributed by atoms with E-state index >= 15 is 0 Å². The lowest BCUT2D eigenvalue weighted by Gasteiger charge is -2.36. The summed E-state index contributed by atoms with van der Waals surface area (Å²) in [7, 11) is 0. The van der Waals surface area contributed by atoms with Crippen LogP contribution in [0, 0.1) is 11.3 Å². The minimum absolute atomic E-state index is 0.0199. The van der Waals surface area contributed by atoms with Gasteiger partial charge in [0.2, 0.25) is 5.91 Å². The number of ether oxygens (including phenoxy) is 1. The zero-order valence-electron chi connectivity index (χ0n) is 31.6. The van der Waals surface area contributed by atoms with Crippen molar-refractivity contribution in [3.8, 4) is 0 Å². The van der Waals surface area contributed by atoms with Gasteiger partial charge in [-0.3, -0.25) is 14.4 Å². The SMILES string of the molecule is CCCCCCN(C(=O)CCCC)C(CC(OCC)c1nc(C(=O)NC(Cc2ccc(NC(C)C)cc2)CC(C)(C)C(=O)O)cs1)C(C)C. The van der Waals surface area contributed by atoms with Crippen LogP contribution in [0.25, 0.3) is 0 Å². The molecular formula is C39H64N4O5S. The number of amides is 2. The molecule has 1 aromatic heterocycles. The quantitative estimate of drug-likeness (QED) is 0.0936. The second-order valence-corrected chi connectivity index (χ2v) is 15.5. The van der Waals surface area contributed by atoms with Crippen molar-refractivity contribution in [3.05, 3.63) is 45.9 Å². The van der Waals surface area contributed by atoms with E-state index < -0.39 is 17.4 Å². The highest BCUT2D eigenvalue weighted by Crippen LogP contribution is 2.32. The summed E-state index contributed by atoms with van der Waals surface area (Å²) in [6.07, 6.45) is 7.77. The monoisotopic (exact) mass is 700 g/mol. The number of aliphatic carboxylic acids is 1. The predicted octanol–water partition coefficient (Wildman–Crippen LogP) is 8.90. The highest BCUT2D eigenvalue weighted by atomic mass is 32.1. The van der Waals surface area contributed by atoms with E-state index in [1.165, 1.54) is 11.3 Å². The molecule has 0 aliphatic heterocycles. The predicted molar refractivity (Wildman–Crippen MR) is 201 cm³/mol. The number of unbranched alkanes of at least 4 members (excludes halogenated alkanes) is 4. The molecule has 0 saturated heterocycles. The molecule has 49 heavy (non-hydrogen) atoms. The molecule has 3 atom stereocenters. The fraction of sp³-hybridized carbons (Fsp3) is 0.692. The Labute approximate surface area is 300 Å². The largest absolute Gasteiger partial charge is 0.481 e. The van der Waals surface area contributed by atoms with Gasteiger partial charge in [0.1, 0.15) is 16.8 Å². The molecule has 276 valence electrons. The van der Waals surface area contributed by atoms with Crippen LogP contribution in [0.5, 0.6) is 0 Å². The maximum atomic E-state index is 13.7. The molecule has 10 heteroatoms. The molecule has 0 fully saturated rings. The number of hydrogen-bond acceptors (Lipinski definition) is 7. The minimum Gasteiger partial charge on any atom is -0.481 e. The summed E-state index contributed by atoms with van der Waals surface area (Å²) in [6, 6.07) is 7.90. The maximum absolute atomic E-state index is 13.7. The maximum Gasteiger partial charge on any atom is 0.309 e. The standard InChI is InChI=1S/C39H64N4O5S/c1-10-13-15-16-22-43(35(44)17-14-11-2)33(27(4)5)24-34(48-12-3)37-42-32(26-49-37)36(45)41-31(25-39(8,9)38(46)47)23-29-18-20-30(21-19-29)40-28(6)7/h18-21,26-28,31,33-34,40H,10-17,22-25H2,1-9H3,(H,41,45)(H,46,47). The van der Waals surface area contributed by atoms with Crippen molar-refractivity contribution in [2.75, 3.05) is 18.5 Å². The first-order chi connectivity index (χ1) is 23.2. The number of rotatable bonds is 24. The summed E-state index contributed by atoms with van der Waals surface area (Å²) < 4.78 is 6.25. The van der Waals surface area contributed by atoms with E-state index in [1.54, 1.807) is 19.2 Å². The Bertz CT molecular complexity index is 1280. The van der Waals surface area contributed by atoms with Gasteiger partial charge in [0.15, 0.2) is 0 Å². The number of thiazole rings is 1. The van der Waals surface area contributed by atoms with Crippen LogP contribution in [-0.4, -0.2) is 64.1 Å². The van der Waals surface area contributed by atoms with Gasteiger partial charge >= 0.3 is 5.97 Å². The Morgan fingerprint density at radius 3 is 2.22 bits per heavy atom. The number of carboxylic acids is 1. The number of aromatic nitrogens is 1. The van der Waals surface area contributed by atoms with Crippen LogP contribution in [-0.2, 0) is 20.7 Å². The summed E-state index contributed by atoms with van der Waals surface area (Å²) in [4.78, 5) is 46.0. The first-order valence-corrected chi connectivity index (χ1v) is 19.4. The third-order valence-corrected chi connectivity index (χ3v) is 9.84. The van der Waals surface area contributed by atoms with E-state index in [9.17, 15) is 19.5 Å². The van der Waals surface area contributed by atoms with E-state index in [1.807, 2.05) is 31.2 Å². The summed E-state index contributed by atoms with van der Waals surface area (Å²) in [5, 5.41) is 18.8. The minimum atomic E-state index is -1.03. The van der Waals surface area contributed by atoms with Gasteiger partial charge in [-0.25, -0.2) is 4.98 Å². The summed E-state index contributed by atoms with van der Waals surface area (Å²) in [5.41, 5.74) is 1.26. The van der Waals surface area contributed by atoms with Crippen LogP contribution >= 0.6 is 11.3 Å². The fourth-order valence-electron chi connectivity index (χ4n) is 6.11. The van der Waals surface area contributed by atoms with E-state index in [2.05, 4.69) is 57.1 Å². The lowest BCUT2D eigenvalue weighted by molar-refractivity contribution is -0.147. The van der Waals surface area contributed by atoms with Crippen molar-refractivity contribution in [3.63, 3.8) is 0 Å². The topological polar surface area (TPSA) is 121 Å². The molecule has 3 N–H and O–H groups in total. The van der Waals surface area contributed by atoms with Gasteiger partial charge in [-0.1, -0.05) is 65.5 Å². The third-order valence-electron chi connectivity index (χ3n) is 8.90. The van der Waals surface area contributed by atoms with Crippen molar-refractivity contribution >= 4 is 34.8 Å². The molecule has 1 heterocycles. The van der Waals surface area contributed by atoms with Crippen LogP contribution in [0.4, 0.5) is 5.69 Å². The number of nitrogens with one attached hydrogen (secondary N) is 2. The van der Waals surface area contributed by atoms with Crippen LogP contribution in [0.15, 0.2) is 29.6 Å². The second-order valence-electron chi connectivity index (χ2n) is 14.6. The van der Waals surface area contributed by atoms with Gasteiger partial charge < -0.3 is 25.4 Å². The van der Waals surface area contributed by atoms with Crippen LogP contribution in [0.1, 0.15) is 147 Å². The Balaban J connectivity index is 2.29. The average Bonchev–Trinajstić information content (AvgIpc) is 3.53. The molecule has 9 nitrogen and oxygen atoms in total. The summed E-state index contributed by atoms with van der Waals surface area (Å²) in [6.45, 7) is 19.3. The Morgan fingerprint density at radius 2 is 1.65 bits per heavy atom. The first-order valence-electron chi connectivity index (χ1n) is 18.5. The number of carbonyl (C=O) groups is 3. The Morgan fingerprint density at radius 1 is 0.980 bits per heavy atom. The van der Waals surface area contributed by atoms with E-state index in [0.29, 0.717) is 36.9 Å². The molecule has 0 aliphatic rings. The molecule has 0 bridgehead atoms. The van der Waals surface area contributed by atoms with Gasteiger partial charge in [0.25, 0.3) is 5.91 Å². The van der Waals surface area contributed by atoms with Crippen molar-refractivity contribution < 1.29 is 24.2 Å². The molecule has 1 aromatic carbocycles. The summed E-state index contributed by atoms with van der Waals surface area (Å²) >= 11 is 1.39. The Kier molecular flexibility index (Phi) is 18.3. The lowest BCUT2D eigenvalue weighted by Crippen LogP contribution is -2.45. The van der Waals surface area contributed by atoms with Crippen molar-refractivity contribution in [1.82, 2.24) is 15.2 Å². The fourth-order valence-corrected chi connectivity index (χ4v) is 6.97. The molecule has 0 aliphatic carbocycles. The molecule has 0 spiro atoms. The zero-order chi connectivity index (χ0) is 36.6. The van der Waals surface area contributed by atoms with Gasteiger partial charge in [-0.05, 0) is 83.9 Å². The molecule has 0 radical (unpaired) electrons. The van der Waals surface area contributed by atoms with Gasteiger partial charge in [0, 0.05) is 55.2 Å². The second kappa shape index (κ2) is 21.3. The summed E-state index contributed by atoms with van der Waals surface area (Å²) in [5.74, 6) is -0.829. The highest BCUT2D eigenvalue weighted by molar-refractivity contribution is 7.09. The Hall–Kier alpha value is -2.98. The third kappa shape index (κ3) is 14.4. The molecule has 2 aromatic rings. The highest BCUT2D eigenvalue weighted by Gasteiger charge is 2.33. The van der Waals surface area contributed by atoms with E-state index in [0.717, 1.165) is 56.3 Å². The number of anilines is 1. The van der Waals surface area contributed by atoms with Crippen LogP contribution < -0.4 is 10.6 Å². The molecule has 0 saturated carbocycles. The van der Waals surface area contributed by atoms with Crippen molar-refractivity contribution in [2.45, 2.75) is 151 Å². The van der Waals surface area contributed by atoms with E-state index in [-0.39, 0.29) is 42.0 Å². The van der Waals surface area contributed by atoms with Gasteiger partial charge in [0.05, 0.1) is 5.41 Å². The molecule has 3 unspecified atom stereocenters. The lowest BCUT2D eigenvalue weighted by atomic mass is 9.84. The molecule has 2 amide bonds. The molecule has 2 rings (SSSR count). The zero-order valence-corrected chi connectivity index (χ0v) is 32.5. The van der Waals surface area contributed by atoms with Crippen molar-refractivity contribution in [1.29, 1.82) is 0 Å². The molecular weight excluding hydrogens is 637 g/mol. The number of carboxylic acid groups (broad SMARTS) is 1. The average molecular weight is 701 g/mol. The first kappa shape index (κ1) is 42.2. The normalized spacial score (nSPS) is 13.7. The number of hydrogen-bond donors (Lipinski definition) is 3. The van der Waals surface area contributed by atoms with Gasteiger partial charge in [-0.15, -0.1) is 11.3 Å². The smallest absolute Gasteiger partial charge is 0.309 e.